The first kappa shape index (κ1) is 14.6. The molecule has 2 aromatic heterocycles. The Morgan fingerprint density at radius 1 is 1.40 bits per heavy atom. The van der Waals surface area contributed by atoms with Crippen LogP contribution in [0.2, 0.25) is 0 Å². The van der Waals surface area contributed by atoms with Gasteiger partial charge < -0.3 is 10.1 Å². The zero-order valence-corrected chi connectivity index (χ0v) is 12.8. The standard InChI is InChI=1S/C14H23N5O/c1-6-15-13(11-8-10(3)17-18(11)4)14-12(20-5)9-16-19(14)7-2/h8-9,13,15H,6-7H2,1-5H3. The lowest BCUT2D eigenvalue weighted by molar-refractivity contribution is 0.397. The largest absolute Gasteiger partial charge is 0.493 e. The predicted octanol–water partition coefficient (Wildman–Crippen LogP) is 1.65. The Bertz CT molecular complexity index is 551. The number of nitrogens with one attached hydrogen (secondary N) is 1. The van der Waals surface area contributed by atoms with Crippen LogP contribution in [0.1, 0.15) is 37.0 Å². The van der Waals surface area contributed by atoms with Gasteiger partial charge in [-0.05, 0) is 26.5 Å². The summed E-state index contributed by atoms with van der Waals surface area (Å²) in [5, 5.41) is 12.3. The first-order chi connectivity index (χ1) is 9.62. The Morgan fingerprint density at radius 3 is 2.65 bits per heavy atom. The molecule has 1 unspecified atom stereocenters. The highest BCUT2D eigenvalue weighted by atomic mass is 16.5. The molecule has 0 fully saturated rings. The number of hydrogen-bond acceptors (Lipinski definition) is 4. The lowest BCUT2D eigenvalue weighted by Gasteiger charge is -2.20. The fraction of sp³-hybridized carbons (Fsp3) is 0.571. The van der Waals surface area contributed by atoms with Gasteiger partial charge in [0.1, 0.15) is 5.69 Å². The molecule has 6 nitrogen and oxygen atoms in total. The quantitative estimate of drug-likeness (QED) is 0.872. The molecular weight excluding hydrogens is 254 g/mol. The van der Waals surface area contributed by atoms with Crippen molar-refractivity contribution in [2.45, 2.75) is 33.4 Å². The molecule has 0 bridgehead atoms. The highest BCUT2D eigenvalue weighted by molar-refractivity contribution is 5.34. The van der Waals surface area contributed by atoms with Crippen molar-refractivity contribution in [1.29, 1.82) is 0 Å². The zero-order valence-electron chi connectivity index (χ0n) is 12.8. The molecule has 0 saturated carbocycles. The summed E-state index contributed by atoms with van der Waals surface area (Å²) in [5.41, 5.74) is 3.16. The fourth-order valence-electron chi connectivity index (χ4n) is 2.52. The van der Waals surface area contributed by atoms with Gasteiger partial charge in [-0.25, -0.2) is 0 Å². The Hall–Kier alpha value is -1.82. The van der Waals surface area contributed by atoms with E-state index in [4.69, 9.17) is 4.74 Å². The molecular formula is C14H23N5O. The summed E-state index contributed by atoms with van der Waals surface area (Å²) in [6.07, 6.45) is 1.77. The van der Waals surface area contributed by atoms with Gasteiger partial charge in [0.15, 0.2) is 5.75 Å². The van der Waals surface area contributed by atoms with Crippen LogP contribution in [0.25, 0.3) is 0 Å². The molecule has 0 radical (unpaired) electrons. The normalized spacial score (nSPS) is 12.7. The van der Waals surface area contributed by atoms with E-state index < -0.39 is 0 Å². The minimum absolute atomic E-state index is 0.0172. The predicted molar refractivity (Wildman–Crippen MR) is 77.9 cm³/mol. The number of hydrogen-bond donors (Lipinski definition) is 1. The van der Waals surface area contributed by atoms with E-state index in [0.717, 1.165) is 35.9 Å². The minimum atomic E-state index is 0.0172. The van der Waals surface area contributed by atoms with Gasteiger partial charge in [-0.3, -0.25) is 9.36 Å². The molecule has 0 amide bonds. The van der Waals surface area contributed by atoms with Crippen LogP contribution in [0.15, 0.2) is 12.3 Å². The third-order valence-electron chi connectivity index (χ3n) is 3.38. The van der Waals surface area contributed by atoms with Crippen LogP contribution < -0.4 is 10.1 Å². The van der Waals surface area contributed by atoms with E-state index in [2.05, 4.69) is 35.4 Å². The first-order valence-corrected chi connectivity index (χ1v) is 6.95. The van der Waals surface area contributed by atoms with Crippen molar-refractivity contribution in [3.63, 3.8) is 0 Å². The molecule has 0 aliphatic carbocycles. The molecule has 1 atom stereocenters. The fourth-order valence-corrected chi connectivity index (χ4v) is 2.52. The number of aromatic nitrogens is 4. The maximum Gasteiger partial charge on any atom is 0.161 e. The molecule has 0 aromatic carbocycles. The van der Waals surface area contributed by atoms with E-state index in [9.17, 15) is 0 Å². The summed E-state index contributed by atoms with van der Waals surface area (Å²) in [7, 11) is 3.64. The van der Waals surface area contributed by atoms with E-state index in [0.29, 0.717) is 0 Å². The Morgan fingerprint density at radius 2 is 2.15 bits per heavy atom. The van der Waals surface area contributed by atoms with Crippen molar-refractivity contribution in [3.05, 3.63) is 29.3 Å². The number of methoxy groups -OCH3 is 1. The van der Waals surface area contributed by atoms with Crippen molar-refractivity contribution < 1.29 is 4.74 Å². The second-order valence-corrected chi connectivity index (χ2v) is 4.74. The van der Waals surface area contributed by atoms with Gasteiger partial charge in [0, 0.05) is 13.6 Å². The van der Waals surface area contributed by atoms with Crippen molar-refractivity contribution in [2.75, 3.05) is 13.7 Å². The van der Waals surface area contributed by atoms with Gasteiger partial charge >= 0.3 is 0 Å². The monoisotopic (exact) mass is 277 g/mol. The molecule has 0 saturated heterocycles. The highest BCUT2D eigenvalue weighted by Crippen LogP contribution is 2.30. The van der Waals surface area contributed by atoms with Gasteiger partial charge in [0.05, 0.1) is 30.7 Å². The van der Waals surface area contributed by atoms with Crippen LogP contribution in [0.4, 0.5) is 0 Å². The summed E-state index contributed by atoms with van der Waals surface area (Å²) in [6.45, 7) is 7.83. The Balaban J connectivity index is 2.53. The van der Waals surface area contributed by atoms with Crippen LogP contribution in [-0.2, 0) is 13.6 Å². The lowest BCUT2D eigenvalue weighted by atomic mass is 10.1. The number of ether oxygens (including phenoxy) is 1. The molecule has 0 spiro atoms. The minimum Gasteiger partial charge on any atom is -0.493 e. The SMILES string of the molecule is CCNC(c1cc(C)nn1C)c1c(OC)cnn1CC. The number of nitrogens with zero attached hydrogens (tertiary/aromatic N) is 4. The average molecular weight is 277 g/mol. The number of rotatable bonds is 6. The zero-order chi connectivity index (χ0) is 14.7. The summed E-state index contributed by atoms with van der Waals surface area (Å²) >= 11 is 0. The molecule has 2 heterocycles. The van der Waals surface area contributed by atoms with Crippen molar-refractivity contribution >= 4 is 0 Å². The maximum atomic E-state index is 5.47. The third-order valence-corrected chi connectivity index (χ3v) is 3.38. The topological polar surface area (TPSA) is 56.9 Å². The summed E-state index contributed by atoms with van der Waals surface area (Å²) in [5.74, 6) is 0.802. The summed E-state index contributed by atoms with van der Waals surface area (Å²) < 4.78 is 9.35. The molecule has 110 valence electrons. The van der Waals surface area contributed by atoms with Gasteiger partial charge in [-0.15, -0.1) is 0 Å². The Labute approximate surface area is 119 Å². The molecule has 20 heavy (non-hydrogen) atoms. The summed E-state index contributed by atoms with van der Waals surface area (Å²) in [6, 6.07) is 2.11. The lowest BCUT2D eigenvalue weighted by Crippen LogP contribution is -2.27. The van der Waals surface area contributed by atoms with Crippen LogP contribution in [-0.4, -0.2) is 33.2 Å². The Kier molecular flexibility index (Phi) is 4.44. The smallest absolute Gasteiger partial charge is 0.161 e. The van der Waals surface area contributed by atoms with E-state index >= 15 is 0 Å². The molecule has 6 heteroatoms. The van der Waals surface area contributed by atoms with Crippen molar-refractivity contribution in [1.82, 2.24) is 24.9 Å². The van der Waals surface area contributed by atoms with E-state index in [1.165, 1.54) is 0 Å². The van der Waals surface area contributed by atoms with Crippen molar-refractivity contribution in [2.24, 2.45) is 7.05 Å². The highest BCUT2D eigenvalue weighted by Gasteiger charge is 2.25. The van der Waals surface area contributed by atoms with E-state index in [1.54, 1.807) is 13.3 Å². The van der Waals surface area contributed by atoms with Gasteiger partial charge in [0.25, 0.3) is 0 Å². The molecule has 1 N–H and O–H groups in total. The average Bonchev–Trinajstić information content (AvgIpc) is 2.98. The van der Waals surface area contributed by atoms with Crippen LogP contribution in [0, 0.1) is 6.92 Å². The second kappa shape index (κ2) is 6.09. The molecule has 0 aliphatic rings. The van der Waals surface area contributed by atoms with Crippen molar-refractivity contribution in [3.8, 4) is 5.75 Å². The van der Waals surface area contributed by atoms with E-state index in [1.807, 2.05) is 23.3 Å². The third kappa shape index (κ3) is 2.56. The number of aryl methyl sites for hydroxylation is 3. The maximum absolute atomic E-state index is 5.47. The van der Waals surface area contributed by atoms with E-state index in [-0.39, 0.29) is 6.04 Å². The van der Waals surface area contributed by atoms with Gasteiger partial charge in [-0.1, -0.05) is 6.92 Å². The second-order valence-electron chi connectivity index (χ2n) is 4.74. The summed E-state index contributed by atoms with van der Waals surface area (Å²) in [4.78, 5) is 0. The van der Waals surface area contributed by atoms with Crippen LogP contribution in [0.5, 0.6) is 5.75 Å². The molecule has 0 aliphatic heterocycles. The first-order valence-electron chi connectivity index (χ1n) is 6.95. The van der Waals surface area contributed by atoms with Gasteiger partial charge in [-0.2, -0.15) is 10.2 Å². The van der Waals surface area contributed by atoms with Crippen LogP contribution >= 0.6 is 0 Å². The van der Waals surface area contributed by atoms with Crippen LogP contribution in [0.3, 0.4) is 0 Å². The van der Waals surface area contributed by atoms with Gasteiger partial charge in [0.2, 0.25) is 0 Å². The molecule has 2 rings (SSSR count). The molecule has 2 aromatic rings.